The number of amides is 1. The lowest BCUT2D eigenvalue weighted by Crippen LogP contribution is -2.48. The van der Waals surface area contributed by atoms with Crippen molar-refractivity contribution in [1.82, 2.24) is 15.5 Å². The van der Waals surface area contributed by atoms with E-state index >= 15 is 0 Å². The number of fused-ring (bicyclic) bond motifs is 1. The molecule has 0 spiro atoms. The third-order valence-corrected chi connectivity index (χ3v) is 6.03. The number of likely N-dealkylation sites (tertiary alicyclic amines) is 1. The van der Waals surface area contributed by atoms with Crippen molar-refractivity contribution >= 4 is 16.7 Å². The average molecular weight is 368 g/mol. The summed E-state index contributed by atoms with van der Waals surface area (Å²) in [5, 5.41) is 8.91. The molecule has 27 heavy (non-hydrogen) atoms. The molecule has 2 N–H and O–H groups in total. The second kappa shape index (κ2) is 9.34. The van der Waals surface area contributed by atoms with E-state index in [2.05, 4.69) is 64.9 Å². The summed E-state index contributed by atoms with van der Waals surface area (Å²) < 4.78 is 0. The van der Waals surface area contributed by atoms with Crippen LogP contribution in [0.3, 0.4) is 0 Å². The van der Waals surface area contributed by atoms with Crippen molar-refractivity contribution < 1.29 is 4.79 Å². The third kappa shape index (κ3) is 4.88. The Kier molecular flexibility index (Phi) is 6.86. The van der Waals surface area contributed by atoms with Crippen molar-refractivity contribution in [1.29, 1.82) is 0 Å². The largest absolute Gasteiger partial charge is 0.348 e. The molecule has 3 rings (SSSR count). The van der Waals surface area contributed by atoms with Gasteiger partial charge in [0, 0.05) is 0 Å². The topological polar surface area (TPSA) is 44.4 Å². The van der Waals surface area contributed by atoms with E-state index in [1.807, 2.05) is 14.0 Å². The van der Waals surface area contributed by atoms with Crippen LogP contribution >= 0.6 is 0 Å². The van der Waals surface area contributed by atoms with Crippen LogP contribution in [0.4, 0.5) is 0 Å². The van der Waals surface area contributed by atoms with E-state index < -0.39 is 0 Å². The second-order valence-corrected chi connectivity index (χ2v) is 7.85. The fourth-order valence-electron chi connectivity index (χ4n) is 4.18. The minimum atomic E-state index is -0.0762. The molecule has 1 heterocycles. The van der Waals surface area contributed by atoms with E-state index in [0.717, 1.165) is 25.6 Å². The van der Waals surface area contributed by atoms with E-state index in [-0.39, 0.29) is 18.0 Å². The maximum atomic E-state index is 12.9. The molecule has 146 valence electrons. The maximum Gasteiger partial charge on any atom is 0.237 e. The van der Waals surface area contributed by atoms with Gasteiger partial charge < -0.3 is 10.6 Å². The molecular weight excluding hydrogens is 334 g/mol. The molecule has 0 aromatic heterocycles. The summed E-state index contributed by atoms with van der Waals surface area (Å²) in [5.74, 6) is 0.919. The van der Waals surface area contributed by atoms with Gasteiger partial charge in [0.1, 0.15) is 0 Å². The Morgan fingerprint density at radius 2 is 1.81 bits per heavy atom. The highest BCUT2D eigenvalue weighted by Gasteiger charge is 2.27. The van der Waals surface area contributed by atoms with Crippen LogP contribution in [0, 0.1) is 5.92 Å². The van der Waals surface area contributed by atoms with Gasteiger partial charge in [-0.15, -0.1) is 0 Å². The Morgan fingerprint density at radius 3 is 2.56 bits per heavy atom. The summed E-state index contributed by atoms with van der Waals surface area (Å²) >= 11 is 0. The summed E-state index contributed by atoms with van der Waals surface area (Å²) in [6, 6.07) is 14.6. The zero-order valence-corrected chi connectivity index (χ0v) is 16.9. The molecule has 4 nitrogen and oxygen atoms in total. The summed E-state index contributed by atoms with van der Waals surface area (Å²) in [7, 11) is 2.01. The Morgan fingerprint density at radius 1 is 1.11 bits per heavy atom. The molecule has 1 saturated heterocycles. The van der Waals surface area contributed by atoms with Gasteiger partial charge >= 0.3 is 0 Å². The van der Waals surface area contributed by atoms with Crippen molar-refractivity contribution in [2.24, 2.45) is 5.92 Å². The van der Waals surface area contributed by atoms with Gasteiger partial charge in [0.25, 0.3) is 0 Å². The Balaban J connectivity index is 1.58. The lowest BCUT2D eigenvalue weighted by molar-refractivity contribution is -0.127. The monoisotopic (exact) mass is 367 g/mol. The number of benzene rings is 2. The number of hydrogen-bond donors (Lipinski definition) is 2. The standard InChI is InChI=1S/C23H33N3O/c1-17(21-10-6-8-20-7-4-5-9-22(20)21)25-23(27)18(2)26-15-12-19(13-16-26)11-14-24-3/h4-10,17-19,24H,11-16H2,1-3H3,(H,25,27). The van der Waals surface area contributed by atoms with Crippen molar-refractivity contribution in [2.45, 2.75) is 45.2 Å². The van der Waals surface area contributed by atoms with E-state index in [1.165, 1.54) is 35.6 Å². The van der Waals surface area contributed by atoms with E-state index in [1.54, 1.807) is 0 Å². The van der Waals surface area contributed by atoms with Crippen LogP contribution in [0.2, 0.25) is 0 Å². The summed E-state index contributed by atoms with van der Waals surface area (Å²) in [5.41, 5.74) is 1.18. The Labute approximate surface area is 163 Å². The molecule has 2 atom stereocenters. The first kappa shape index (κ1) is 19.8. The normalized spacial score (nSPS) is 18.3. The molecule has 0 radical (unpaired) electrons. The molecule has 1 fully saturated rings. The highest BCUT2D eigenvalue weighted by Crippen LogP contribution is 2.25. The molecule has 1 aliphatic heterocycles. The minimum absolute atomic E-state index is 0.000724. The van der Waals surface area contributed by atoms with Crippen LogP contribution in [0.5, 0.6) is 0 Å². The van der Waals surface area contributed by atoms with Crippen LogP contribution in [-0.4, -0.2) is 43.5 Å². The predicted molar refractivity (Wildman–Crippen MR) is 113 cm³/mol. The maximum absolute atomic E-state index is 12.9. The number of piperidine rings is 1. The average Bonchev–Trinajstić information content (AvgIpc) is 2.71. The van der Waals surface area contributed by atoms with Gasteiger partial charge in [0.2, 0.25) is 5.91 Å². The van der Waals surface area contributed by atoms with Crippen LogP contribution in [0.1, 0.15) is 44.7 Å². The van der Waals surface area contributed by atoms with E-state index in [9.17, 15) is 4.79 Å². The number of nitrogens with one attached hydrogen (secondary N) is 2. The zero-order chi connectivity index (χ0) is 19.2. The van der Waals surface area contributed by atoms with Crippen LogP contribution in [-0.2, 0) is 4.79 Å². The van der Waals surface area contributed by atoms with Gasteiger partial charge in [-0.3, -0.25) is 9.69 Å². The molecule has 0 aliphatic carbocycles. The first-order valence-electron chi connectivity index (χ1n) is 10.3. The molecule has 2 aromatic rings. The first-order valence-corrected chi connectivity index (χ1v) is 10.3. The van der Waals surface area contributed by atoms with Gasteiger partial charge in [-0.1, -0.05) is 42.5 Å². The SMILES string of the molecule is CNCCC1CCN(C(C)C(=O)NC(C)c2cccc3ccccc23)CC1. The van der Waals surface area contributed by atoms with Gasteiger partial charge in [-0.05, 0) is 82.0 Å². The quantitative estimate of drug-likeness (QED) is 0.784. The van der Waals surface area contributed by atoms with Crippen molar-refractivity contribution in [3.8, 4) is 0 Å². The Bertz CT molecular complexity index is 747. The highest BCUT2D eigenvalue weighted by atomic mass is 16.2. The number of rotatable bonds is 7. The van der Waals surface area contributed by atoms with Crippen LogP contribution in [0.25, 0.3) is 10.8 Å². The number of hydrogen-bond acceptors (Lipinski definition) is 3. The summed E-state index contributed by atoms with van der Waals surface area (Å²) in [6.45, 7) is 7.25. The van der Waals surface area contributed by atoms with Crippen molar-refractivity contribution in [2.75, 3.05) is 26.7 Å². The second-order valence-electron chi connectivity index (χ2n) is 7.85. The fraction of sp³-hybridized carbons (Fsp3) is 0.522. The molecule has 4 heteroatoms. The highest BCUT2D eigenvalue weighted by molar-refractivity contribution is 5.87. The van der Waals surface area contributed by atoms with Crippen molar-refractivity contribution in [3.63, 3.8) is 0 Å². The molecule has 0 bridgehead atoms. The molecule has 2 unspecified atom stereocenters. The first-order chi connectivity index (χ1) is 13.1. The molecule has 1 amide bonds. The smallest absolute Gasteiger partial charge is 0.237 e. The lowest BCUT2D eigenvalue weighted by atomic mass is 9.92. The number of nitrogens with zero attached hydrogens (tertiary/aromatic N) is 1. The zero-order valence-electron chi connectivity index (χ0n) is 16.9. The summed E-state index contributed by atoms with van der Waals surface area (Å²) in [6.07, 6.45) is 3.62. The minimum Gasteiger partial charge on any atom is -0.348 e. The lowest BCUT2D eigenvalue weighted by Gasteiger charge is -2.35. The molecule has 1 aliphatic rings. The third-order valence-electron chi connectivity index (χ3n) is 6.03. The van der Waals surface area contributed by atoms with Crippen LogP contribution < -0.4 is 10.6 Å². The summed E-state index contributed by atoms with van der Waals surface area (Å²) in [4.78, 5) is 15.2. The fourth-order valence-corrected chi connectivity index (χ4v) is 4.18. The van der Waals surface area contributed by atoms with Gasteiger partial charge in [-0.25, -0.2) is 0 Å². The number of carbonyl (C=O) groups is 1. The predicted octanol–water partition coefficient (Wildman–Crippen LogP) is 3.73. The van der Waals surface area contributed by atoms with Gasteiger partial charge in [0.15, 0.2) is 0 Å². The molecule has 0 saturated carbocycles. The van der Waals surface area contributed by atoms with Gasteiger partial charge in [-0.2, -0.15) is 0 Å². The van der Waals surface area contributed by atoms with Gasteiger partial charge in [0.05, 0.1) is 12.1 Å². The van der Waals surface area contributed by atoms with E-state index in [0.29, 0.717) is 0 Å². The molecular formula is C23H33N3O. The Hall–Kier alpha value is -1.91. The van der Waals surface area contributed by atoms with Crippen molar-refractivity contribution in [3.05, 3.63) is 48.0 Å². The van der Waals surface area contributed by atoms with E-state index in [4.69, 9.17) is 0 Å². The number of carbonyl (C=O) groups excluding carboxylic acids is 1. The van der Waals surface area contributed by atoms with Crippen LogP contribution in [0.15, 0.2) is 42.5 Å². The molecule has 2 aromatic carbocycles.